The highest BCUT2D eigenvalue weighted by Gasteiger charge is 2.62. The van der Waals surface area contributed by atoms with E-state index in [0.717, 1.165) is 31.2 Å². The number of aliphatic carboxylic acids is 1. The average Bonchev–Trinajstić information content (AvgIpc) is 3.30. The first-order valence-electron chi connectivity index (χ1n) is 11.8. The smallest absolute Gasteiger partial charge is 0.481 e. The van der Waals surface area contributed by atoms with Crippen LogP contribution in [0, 0.1) is 11.7 Å². The average molecular weight is 470 g/mol. The number of hydrogen-bond donors (Lipinski definition) is 1. The van der Waals surface area contributed by atoms with Crippen molar-refractivity contribution in [2.24, 2.45) is 5.92 Å². The van der Waals surface area contributed by atoms with Crippen LogP contribution in [0.15, 0.2) is 48.5 Å². The van der Waals surface area contributed by atoms with Crippen molar-refractivity contribution in [3.05, 3.63) is 65.5 Å². The number of nitrogens with zero attached hydrogens (tertiary/aromatic N) is 2. The highest BCUT2D eigenvalue weighted by atomic mass is 19.1. The van der Waals surface area contributed by atoms with E-state index in [1.54, 1.807) is 19.1 Å². The molecule has 0 aromatic heterocycles. The lowest BCUT2D eigenvalue weighted by Crippen LogP contribution is -2.74. The maximum Gasteiger partial charge on any atom is 0.547 e. The molecule has 2 aromatic rings. The molecular weight excluding hydrogens is 439 g/mol. The molecule has 2 amide bonds. The second-order valence-electron chi connectivity index (χ2n) is 8.96. The number of carbonyl (C=O) groups is 3. The lowest BCUT2D eigenvalue weighted by atomic mass is 9.86. The molecule has 8 heteroatoms. The third-order valence-corrected chi connectivity index (χ3v) is 7.01. The molecule has 180 valence electrons. The first kappa shape index (κ1) is 23.9. The Bertz CT molecular complexity index is 1070. The molecule has 3 atom stereocenters. The van der Waals surface area contributed by atoms with E-state index in [4.69, 9.17) is 9.84 Å². The number of quaternary nitrogens is 1. The zero-order chi connectivity index (χ0) is 24.3. The minimum atomic E-state index is -1.06. The molecule has 1 N–H and O–H groups in total. The standard InChI is InChI=1S/C26H29FN2O5/c1-2-28(24(30)14-15-25(31)32)29(26(33)34-17-18-10-12-21(27)13-11-18)22-8-4-3-6-19(22)16-20-7-5-9-23(20)29/h3-4,6,8,10-13,20,23H,2,5,7,9,14-17H2,1H3/p+1/t20-,23-,29+/m1/s1. The molecular formula is C26H30FN2O5+. The SMILES string of the molecule is CCN(C(=O)CCC(=O)O)[N@@+]1(C(=O)OCc2ccc(F)cc2)c2ccccc2C[C@H]2CCC[C@H]21. The van der Waals surface area contributed by atoms with Gasteiger partial charge in [0.15, 0.2) is 5.69 Å². The number of halogens is 1. The van der Waals surface area contributed by atoms with Crippen LogP contribution in [0.3, 0.4) is 0 Å². The molecule has 1 heterocycles. The van der Waals surface area contributed by atoms with Gasteiger partial charge in [-0.05, 0) is 43.9 Å². The molecule has 1 saturated carbocycles. The van der Waals surface area contributed by atoms with Gasteiger partial charge < -0.3 is 9.84 Å². The fourth-order valence-electron chi connectivity index (χ4n) is 5.61. The maximum absolute atomic E-state index is 14.1. The Kier molecular flexibility index (Phi) is 6.97. The Morgan fingerprint density at radius 3 is 2.53 bits per heavy atom. The summed E-state index contributed by atoms with van der Waals surface area (Å²) >= 11 is 0. The van der Waals surface area contributed by atoms with Gasteiger partial charge in [0.2, 0.25) is 0 Å². The summed E-state index contributed by atoms with van der Waals surface area (Å²) in [4.78, 5) is 38.6. The normalized spacial score (nSPS) is 23.0. The molecule has 0 saturated heterocycles. The van der Waals surface area contributed by atoms with Crippen LogP contribution in [0.25, 0.3) is 0 Å². The highest BCUT2D eigenvalue weighted by molar-refractivity contribution is 5.90. The first-order chi connectivity index (χ1) is 16.4. The number of hydrogen-bond acceptors (Lipinski definition) is 4. The van der Waals surface area contributed by atoms with Crippen LogP contribution in [0.4, 0.5) is 14.9 Å². The lowest BCUT2D eigenvalue weighted by molar-refractivity contribution is -0.152. The van der Waals surface area contributed by atoms with Gasteiger partial charge in [-0.2, -0.15) is 9.80 Å². The fraction of sp³-hybridized carbons (Fsp3) is 0.423. The van der Waals surface area contributed by atoms with E-state index in [1.807, 2.05) is 24.3 Å². The largest absolute Gasteiger partial charge is 0.547 e. The Balaban J connectivity index is 1.78. The molecule has 7 nitrogen and oxygen atoms in total. The number of benzene rings is 2. The topological polar surface area (TPSA) is 83.9 Å². The van der Waals surface area contributed by atoms with Crippen LogP contribution < -0.4 is 4.59 Å². The zero-order valence-electron chi connectivity index (χ0n) is 19.3. The van der Waals surface area contributed by atoms with Crippen molar-refractivity contribution >= 4 is 23.7 Å². The lowest BCUT2D eigenvalue weighted by Gasteiger charge is -2.49. The molecule has 1 aliphatic heterocycles. The van der Waals surface area contributed by atoms with E-state index in [1.165, 1.54) is 17.1 Å². The van der Waals surface area contributed by atoms with Crippen molar-refractivity contribution in [3.8, 4) is 0 Å². The van der Waals surface area contributed by atoms with Crippen molar-refractivity contribution in [3.63, 3.8) is 0 Å². The minimum absolute atomic E-state index is 0.0560. The number of para-hydroxylation sites is 1. The number of rotatable bonds is 6. The molecule has 2 aromatic carbocycles. The van der Waals surface area contributed by atoms with Gasteiger partial charge in [0.05, 0.1) is 13.0 Å². The van der Waals surface area contributed by atoms with Crippen LogP contribution in [0.2, 0.25) is 0 Å². The Morgan fingerprint density at radius 2 is 1.82 bits per heavy atom. The molecule has 0 radical (unpaired) electrons. The van der Waals surface area contributed by atoms with Crippen molar-refractivity contribution in [2.45, 2.75) is 58.1 Å². The number of carboxylic acid groups (broad SMARTS) is 1. The van der Waals surface area contributed by atoms with Gasteiger partial charge in [-0.3, -0.25) is 9.59 Å². The van der Waals surface area contributed by atoms with Gasteiger partial charge in [-0.15, -0.1) is 0 Å². The minimum Gasteiger partial charge on any atom is -0.481 e. The summed E-state index contributed by atoms with van der Waals surface area (Å²) in [5.41, 5.74) is 2.34. The van der Waals surface area contributed by atoms with Crippen LogP contribution >= 0.6 is 0 Å². The van der Waals surface area contributed by atoms with E-state index in [0.29, 0.717) is 11.3 Å². The Hall–Kier alpha value is -3.26. The van der Waals surface area contributed by atoms with Gasteiger partial charge in [0, 0.05) is 30.4 Å². The van der Waals surface area contributed by atoms with Crippen LogP contribution in [-0.2, 0) is 27.4 Å². The van der Waals surface area contributed by atoms with Crippen LogP contribution in [0.5, 0.6) is 0 Å². The summed E-state index contributed by atoms with van der Waals surface area (Å²) in [5.74, 6) is -1.63. The van der Waals surface area contributed by atoms with Gasteiger partial charge in [-0.25, -0.2) is 4.39 Å². The summed E-state index contributed by atoms with van der Waals surface area (Å²) in [6.45, 7) is 1.97. The van der Waals surface area contributed by atoms with E-state index >= 15 is 0 Å². The van der Waals surface area contributed by atoms with Gasteiger partial charge >= 0.3 is 12.1 Å². The van der Waals surface area contributed by atoms with Crippen molar-refractivity contribution in [1.82, 2.24) is 9.60 Å². The van der Waals surface area contributed by atoms with Crippen molar-refractivity contribution < 1.29 is 28.6 Å². The van der Waals surface area contributed by atoms with Crippen molar-refractivity contribution in [2.75, 3.05) is 6.54 Å². The summed E-state index contributed by atoms with van der Waals surface area (Å²) < 4.78 is 18.8. The monoisotopic (exact) mass is 469 g/mol. The van der Waals surface area contributed by atoms with E-state index in [-0.39, 0.29) is 48.4 Å². The molecule has 0 unspecified atom stereocenters. The third kappa shape index (κ3) is 4.30. The molecule has 4 rings (SSSR count). The Morgan fingerprint density at radius 1 is 1.09 bits per heavy atom. The highest BCUT2D eigenvalue weighted by Crippen LogP contribution is 2.48. The predicted molar refractivity (Wildman–Crippen MR) is 124 cm³/mol. The van der Waals surface area contributed by atoms with Crippen molar-refractivity contribution in [1.29, 1.82) is 0 Å². The summed E-state index contributed by atoms with van der Waals surface area (Å²) in [6, 6.07) is 13.2. The molecule has 2 aliphatic rings. The molecule has 34 heavy (non-hydrogen) atoms. The third-order valence-electron chi connectivity index (χ3n) is 7.01. The van der Waals surface area contributed by atoms with E-state index in [9.17, 15) is 18.8 Å². The maximum atomic E-state index is 14.1. The van der Waals surface area contributed by atoms with Gasteiger partial charge in [0.1, 0.15) is 18.5 Å². The summed E-state index contributed by atoms with van der Waals surface area (Å²) in [6.07, 6.45) is 2.39. The Labute approximate surface area is 198 Å². The number of fused-ring (bicyclic) bond motifs is 2. The van der Waals surface area contributed by atoms with Crippen LogP contribution in [-0.4, -0.2) is 40.7 Å². The van der Waals surface area contributed by atoms with Gasteiger partial charge in [0.25, 0.3) is 5.91 Å². The molecule has 0 spiro atoms. The summed E-state index contributed by atoms with van der Waals surface area (Å²) in [7, 11) is 0. The quantitative estimate of drug-likeness (QED) is 0.613. The second-order valence-corrected chi connectivity index (χ2v) is 8.96. The van der Waals surface area contributed by atoms with Gasteiger partial charge in [-0.1, -0.05) is 34.9 Å². The molecule has 1 fully saturated rings. The number of carbonyl (C=O) groups excluding carboxylic acids is 2. The second kappa shape index (κ2) is 9.93. The number of carboxylic acids is 1. The predicted octanol–water partition coefficient (Wildman–Crippen LogP) is 4.82. The molecule has 0 bridgehead atoms. The van der Waals surface area contributed by atoms with E-state index in [2.05, 4.69) is 0 Å². The number of amides is 2. The fourth-order valence-corrected chi connectivity index (χ4v) is 5.61. The van der Waals surface area contributed by atoms with E-state index < -0.39 is 18.0 Å². The molecule has 1 aliphatic carbocycles. The number of ether oxygens (including phenoxy) is 1. The summed E-state index contributed by atoms with van der Waals surface area (Å²) in [5, 5.41) is 10.6. The zero-order valence-corrected chi connectivity index (χ0v) is 19.3. The first-order valence-corrected chi connectivity index (χ1v) is 11.8. The van der Waals surface area contributed by atoms with Crippen LogP contribution in [0.1, 0.15) is 50.2 Å².